The lowest BCUT2D eigenvalue weighted by Crippen LogP contribution is -2.35. The zero-order chi connectivity index (χ0) is 17.6. The van der Waals surface area contributed by atoms with Crippen LogP contribution in [0, 0.1) is 20.8 Å². The molecule has 0 spiro atoms. The van der Waals surface area contributed by atoms with E-state index in [4.69, 9.17) is 0 Å². The molecule has 2 aliphatic rings. The second kappa shape index (κ2) is 5.99. The van der Waals surface area contributed by atoms with Gasteiger partial charge in [-0.3, -0.25) is 9.79 Å². The maximum atomic E-state index is 13.0. The van der Waals surface area contributed by atoms with E-state index >= 15 is 0 Å². The SMILES string of the molecule is Cc1ccc(C=C2C[C@H]3C=Nc4cc(C)c(C)cc4C(=O)N3C2)cc1. The van der Waals surface area contributed by atoms with Gasteiger partial charge in [0.15, 0.2) is 0 Å². The molecule has 0 N–H and O–H groups in total. The first-order valence-corrected chi connectivity index (χ1v) is 8.74. The second-order valence-electron chi connectivity index (χ2n) is 7.15. The number of aliphatic imine (C=N–C) groups is 1. The molecule has 2 heterocycles. The van der Waals surface area contributed by atoms with E-state index in [-0.39, 0.29) is 11.9 Å². The van der Waals surface area contributed by atoms with Gasteiger partial charge in [-0.05, 0) is 61.6 Å². The van der Waals surface area contributed by atoms with E-state index in [1.54, 1.807) is 0 Å². The number of hydrogen-bond acceptors (Lipinski definition) is 2. The van der Waals surface area contributed by atoms with Gasteiger partial charge >= 0.3 is 0 Å². The minimum absolute atomic E-state index is 0.0530. The Morgan fingerprint density at radius 3 is 2.56 bits per heavy atom. The second-order valence-corrected chi connectivity index (χ2v) is 7.15. The molecule has 3 nitrogen and oxygen atoms in total. The lowest BCUT2D eigenvalue weighted by molar-refractivity contribution is 0.0778. The van der Waals surface area contributed by atoms with Crippen LogP contribution in [-0.2, 0) is 0 Å². The average molecular weight is 330 g/mol. The predicted octanol–water partition coefficient (Wildman–Crippen LogP) is 4.63. The molecule has 0 radical (unpaired) electrons. The topological polar surface area (TPSA) is 32.7 Å². The van der Waals surface area contributed by atoms with E-state index in [1.165, 1.54) is 22.3 Å². The van der Waals surface area contributed by atoms with Crippen LogP contribution < -0.4 is 0 Å². The molecular weight excluding hydrogens is 308 g/mol. The van der Waals surface area contributed by atoms with E-state index in [9.17, 15) is 4.79 Å². The molecule has 1 amide bonds. The van der Waals surface area contributed by atoms with Crippen molar-refractivity contribution in [2.75, 3.05) is 6.54 Å². The molecule has 2 aromatic carbocycles. The van der Waals surface area contributed by atoms with E-state index in [0.717, 1.165) is 23.2 Å². The van der Waals surface area contributed by atoms with Crippen LogP contribution in [0.5, 0.6) is 0 Å². The summed E-state index contributed by atoms with van der Waals surface area (Å²) in [7, 11) is 0. The standard InChI is InChI=1S/C22H22N2O/c1-14-4-6-17(7-5-14)10-18-11-19-12-23-21-9-16(3)15(2)8-20(21)22(25)24(19)13-18/h4-10,12,19H,11,13H2,1-3H3/t19-/m0/s1. The highest BCUT2D eigenvalue weighted by molar-refractivity contribution is 6.03. The van der Waals surface area contributed by atoms with Crippen LogP contribution in [0.4, 0.5) is 5.69 Å². The maximum absolute atomic E-state index is 13.0. The van der Waals surface area contributed by atoms with Crippen LogP contribution in [0.3, 0.4) is 0 Å². The molecule has 4 rings (SSSR count). The number of nitrogens with zero attached hydrogens (tertiary/aromatic N) is 2. The van der Waals surface area contributed by atoms with Gasteiger partial charge in [-0.15, -0.1) is 0 Å². The summed E-state index contributed by atoms with van der Waals surface area (Å²) in [5.41, 5.74) is 7.55. The largest absolute Gasteiger partial charge is 0.326 e. The fourth-order valence-electron chi connectivity index (χ4n) is 3.54. The van der Waals surface area contributed by atoms with Crippen molar-refractivity contribution < 1.29 is 4.79 Å². The normalized spacial score (nSPS) is 20.6. The molecule has 0 unspecified atom stereocenters. The Kier molecular flexibility index (Phi) is 3.79. The van der Waals surface area contributed by atoms with Gasteiger partial charge in [0.25, 0.3) is 5.91 Å². The van der Waals surface area contributed by atoms with Crippen molar-refractivity contribution in [1.29, 1.82) is 0 Å². The molecule has 1 atom stereocenters. The van der Waals surface area contributed by atoms with Crippen molar-refractivity contribution in [3.05, 3.63) is 69.8 Å². The van der Waals surface area contributed by atoms with Crippen LogP contribution in [0.15, 0.2) is 47.0 Å². The third kappa shape index (κ3) is 2.91. The summed E-state index contributed by atoms with van der Waals surface area (Å²) in [5, 5.41) is 0. The smallest absolute Gasteiger partial charge is 0.256 e. The summed E-state index contributed by atoms with van der Waals surface area (Å²) in [6, 6.07) is 12.5. The van der Waals surface area contributed by atoms with E-state index in [1.807, 2.05) is 30.2 Å². The zero-order valence-electron chi connectivity index (χ0n) is 14.9. The molecule has 1 saturated heterocycles. The van der Waals surface area contributed by atoms with Crippen molar-refractivity contribution in [3.8, 4) is 0 Å². The van der Waals surface area contributed by atoms with E-state index in [2.05, 4.69) is 49.2 Å². The third-order valence-electron chi connectivity index (χ3n) is 5.18. The van der Waals surface area contributed by atoms with Gasteiger partial charge in [-0.25, -0.2) is 0 Å². The van der Waals surface area contributed by atoms with Crippen molar-refractivity contribution in [2.24, 2.45) is 4.99 Å². The average Bonchev–Trinajstić information content (AvgIpc) is 2.95. The third-order valence-corrected chi connectivity index (χ3v) is 5.18. The lowest BCUT2D eigenvalue weighted by atomic mass is 10.0. The van der Waals surface area contributed by atoms with Gasteiger partial charge in [-0.2, -0.15) is 0 Å². The minimum atomic E-state index is 0.0530. The Balaban J connectivity index is 1.65. The maximum Gasteiger partial charge on any atom is 0.256 e. The summed E-state index contributed by atoms with van der Waals surface area (Å²) in [6.45, 7) is 6.87. The molecule has 25 heavy (non-hydrogen) atoms. The van der Waals surface area contributed by atoms with Crippen LogP contribution in [0.2, 0.25) is 0 Å². The fourth-order valence-corrected chi connectivity index (χ4v) is 3.54. The molecule has 0 saturated carbocycles. The minimum Gasteiger partial charge on any atom is -0.326 e. The Labute approximate surface area is 148 Å². The van der Waals surface area contributed by atoms with Gasteiger partial charge in [0.2, 0.25) is 0 Å². The number of carbonyl (C=O) groups excluding carboxylic acids is 1. The molecule has 0 bridgehead atoms. The van der Waals surface area contributed by atoms with Gasteiger partial charge in [0, 0.05) is 12.8 Å². The number of amides is 1. The first-order valence-electron chi connectivity index (χ1n) is 8.74. The first kappa shape index (κ1) is 15.8. The van der Waals surface area contributed by atoms with Crippen LogP contribution in [0.1, 0.15) is 39.0 Å². The molecule has 0 aromatic heterocycles. The Bertz CT molecular complexity index is 906. The summed E-state index contributed by atoms with van der Waals surface area (Å²) >= 11 is 0. The van der Waals surface area contributed by atoms with Crippen LogP contribution >= 0.6 is 0 Å². The predicted molar refractivity (Wildman–Crippen MR) is 103 cm³/mol. The monoisotopic (exact) mass is 330 g/mol. The van der Waals surface area contributed by atoms with Gasteiger partial charge in [-0.1, -0.05) is 35.9 Å². The number of rotatable bonds is 1. The number of hydrogen-bond donors (Lipinski definition) is 0. The van der Waals surface area contributed by atoms with Crippen LogP contribution in [-0.4, -0.2) is 29.6 Å². The molecule has 3 heteroatoms. The summed E-state index contributed by atoms with van der Waals surface area (Å²) in [4.78, 5) is 19.6. The number of fused-ring (bicyclic) bond motifs is 2. The molecule has 2 aliphatic heterocycles. The lowest BCUT2D eigenvalue weighted by Gasteiger charge is -2.19. The quantitative estimate of drug-likeness (QED) is 0.750. The first-order chi connectivity index (χ1) is 12.0. The molecule has 2 aromatic rings. The highest BCUT2D eigenvalue weighted by atomic mass is 16.2. The van der Waals surface area contributed by atoms with Gasteiger partial charge < -0.3 is 4.90 Å². The van der Waals surface area contributed by atoms with E-state index < -0.39 is 0 Å². The Morgan fingerprint density at radius 1 is 1.08 bits per heavy atom. The van der Waals surface area contributed by atoms with Crippen LogP contribution in [0.25, 0.3) is 6.08 Å². The number of benzene rings is 2. The van der Waals surface area contributed by atoms with E-state index in [0.29, 0.717) is 6.54 Å². The fraction of sp³-hybridized carbons (Fsp3) is 0.273. The molecule has 1 fully saturated rings. The molecule has 0 aliphatic carbocycles. The highest BCUT2D eigenvalue weighted by Crippen LogP contribution is 2.33. The van der Waals surface area contributed by atoms with Gasteiger partial charge in [0.05, 0.1) is 17.3 Å². The van der Waals surface area contributed by atoms with Gasteiger partial charge in [0.1, 0.15) is 0 Å². The summed E-state index contributed by atoms with van der Waals surface area (Å²) in [6.07, 6.45) is 5.00. The van der Waals surface area contributed by atoms with Crippen molar-refractivity contribution in [2.45, 2.75) is 33.2 Å². The van der Waals surface area contributed by atoms with Crippen molar-refractivity contribution in [1.82, 2.24) is 4.90 Å². The number of carbonyl (C=O) groups is 1. The summed E-state index contributed by atoms with van der Waals surface area (Å²) in [5.74, 6) is 0.0907. The zero-order valence-corrected chi connectivity index (χ0v) is 14.9. The Hall–Kier alpha value is -2.68. The van der Waals surface area contributed by atoms with Crippen molar-refractivity contribution in [3.63, 3.8) is 0 Å². The highest BCUT2D eigenvalue weighted by Gasteiger charge is 2.34. The molecular formula is C22H22N2O. The summed E-state index contributed by atoms with van der Waals surface area (Å²) < 4.78 is 0. The van der Waals surface area contributed by atoms with Crippen molar-refractivity contribution >= 4 is 23.9 Å². The Morgan fingerprint density at radius 2 is 1.80 bits per heavy atom. The number of aryl methyl sites for hydroxylation is 3. The molecule has 126 valence electrons.